The summed E-state index contributed by atoms with van der Waals surface area (Å²) < 4.78 is 3.75. The maximum Gasteiger partial charge on any atom is 0.253 e. The predicted molar refractivity (Wildman–Crippen MR) is 58.1 cm³/mol. The average Bonchev–Trinajstić information content (AvgIpc) is 3.03. The lowest BCUT2D eigenvalue weighted by Gasteiger charge is -2.07. The van der Waals surface area contributed by atoms with Crippen LogP contribution in [0.4, 0.5) is 0 Å². The second-order valence-electron chi connectivity index (χ2n) is 4.07. The lowest BCUT2D eigenvalue weighted by Crippen LogP contribution is -2.20. The highest BCUT2D eigenvalue weighted by Gasteiger charge is 2.25. The monoisotopic (exact) mass is 216 g/mol. The van der Waals surface area contributed by atoms with E-state index in [1.54, 1.807) is 10.9 Å². The van der Waals surface area contributed by atoms with E-state index in [0.717, 1.165) is 5.69 Å². The summed E-state index contributed by atoms with van der Waals surface area (Å²) in [5.41, 5.74) is 1.04. The Kier molecular flexibility index (Phi) is 2.09. The second-order valence-corrected chi connectivity index (χ2v) is 4.07. The molecule has 2 aromatic heterocycles. The Hall–Kier alpha value is -1.91. The predicted octanol–water partition coefficient (Wildman–Crippen LogP) is 0.823. The Labute approximate surface area is 92.4 Å². The van der Waals surface area contributed by atoms with Crippen molar-refractivity contribution < 1.29 is 0 Å². The summed E-state index contributed by atoms with van der Waals surface area (Å²) in [5.74, 6) is 0. The van der Waals surface area contributed by atoms with Gasteiger partial charge in [-0.15, -0.1) is 0 Å². The van der Waals surface area contributed by atoms with Crippen LogP contribution in [-0.4, -0.2) is 19.1 Å². The average molecular weight is 216 g/mol. The Morgan fingerprint density at radius 1 is 1.31 bits per heavy atom. The van der Waals surface area contributed by atoms with Crippen molar-refractivity contribution in [2.24, 2.45) is 0 Å². The molecule has 1 aliphatic rings. The molecule has 0 spiro atoms. The SMILES string of the molecule is O=c1ccncn1Cc1cncn1C1CC1. The molecule has 2 aromatic rings. The van der Waals surface area contributed by atoms with Gasteiger partial charge in [0.1, 0.15) is 0 Å². The third kappa shape index (κ3) is 1.64. The zero-order valence-corrected chi connectivity index (χ0v) is 8.78. The van der Waals surface area contributed by atoms with Gasteiger partial charge in [0, 0.05) is 24.5 Å². The van der Waals surface area contributed by atoms with Gasteiger partial charge in [-0.3, -0.25) is 9.36 Å². The highest BCUT2D eigenvalue weighted by atomic mass is 16.1. The standard InChI is InChI=1S/C11H12N4O/c16-11-3-4-12-7-14(11)6-10-5-13-8-15(10)9-1-2-9/h3-5,7-9H,1-2,6H2. The number of nitrogens with zero attached hydrogens (tertiary/aromatic N) is 4. The van der Waals surface area contributed by atoms with Gasteiger partial charge in [0.2, 0.25) is 0 Å². The quantitative estimate of drug-likeness (QED) is 0.763. The van der Waals surface area contributed by atoms with Crippen LogP contribution in [0.5, 0.6) is 0 Å². The fourth-order valence-corrected chi connectivity index (χ4v) is 1.81. The molecule has 0 saturated heterocycles. The molecular weight excluding hydrogens is 204 g/mol. The molecule has 16 heavy (non-hydrogen) atoms. The highest BCUT2D eigenvalue weighted by molar-refractivity contribution is 5.04. The third-order valence-electron chi connectivity index (χ3n) is 2.81. The number of hydrogen-bond acceptors (Lipinski definition) is 3. The first-order valence-electron chi connectivity index (χ1n) is 5.36. The van der Waals surface area contributed by atoms with Crippen LogP contribution < -0.4 is 5.56 Å². The van der Waals surface area contributed by atoms with Crippen molar-refractivity contribution in [3.8, 4) is 0 Å². The first-order chi connectivity index (χ1) is 7.84. The maximum absolute atomic E-state index is 11.5. The van der Waals surface area contributed by atoms with Gasteiger partial charge in [-0.05, 0) is 12.8 Å². The fourth-order valence-electron chi connectivity index (χ4n) is 1.81. The van der Waals surface area contributed by atoms with Crippen molar-refractivity contribution in [3.05, 3.63) is 47.2 Å². The zero-order valence-electron chi connectivity index (χ0n) is 8.78. The van der Waals surface area contributed by atoms with E-state index in [1.807, 2.05) is 12.5 Å². The minimum absolute atomic E-state index is 0.0291. The van der Waals surface area contributed by atoms with Crippen LogP contribution in [0.15, 0.2) is 35.9 Å². The number of rotatable bonds is 3. The van der Waals surface area contributed by atoms with E-state index >= 15 is 0 Å². The number of hydrogen-bond donors (Lipinski definition) is 0. The molecule has 0 radical (unpaired) electrons. The minimum Gasteiger partial charge on any atom is -0.330 e. The summed E-state index contributed by atoms with van der Waals surface area (Å²) in [5, 5.41) is 0. The second kappa shape index (κ2) is 3.59. The van der Waals surface area contributed by atoms with Crippen molar-refractivity contribution in [1.29, 1.82) is 0 Å². The summed E-state index contributed by atoms with van der Waals surface area (Å²) in [6.45, 7) is 0.545. The van der Waals surface area contributed by atoms with Crippen LogP contribution in [0.1, 0.15) is 24.6 Å². The number of imidazole rings is 1. The lowest BCUT2D eigenvalue weighted by molar-refractivity contribution is 0.638. The molecule has 1 fully saturated rings. The molecular formula is C11H12N4O. The van der Waals surface area contributed by atoms with Crippen molar-refractivity contribution in [2.75, 3.05) is 0 Å². The van der Waals surface area contributed by atoms with Crippen LogP contribution in [-0.2, 0) is 6.54 Å². The van der Waals surface area contributed by atoms with Crippen molar-refractivity contribution in [2.45, 2.75) is 25.4 Å². The summed E-state index contributed by atoms with van der Waals surface area (Å²) in [6, 6.07) is 2.06. The third-order valence-corrected chi connectivity index (χ3v) is 2.81. The molecule has 1 aliphatic carbocycles. The molecule has 0 amide bonds. The van der Waals surface area contributed by atoms with Gasteiger partial charge >= 0.3 is 0 Å². The van der Waals surface area contributed by atoms with Crippen LogP contribution in [0.2, 0.25) is 0 Å². The molecule has 0 unspecified atom stereocenters. The normalized spacial score (nSPS) is 15.2. The summed E-state index contributed by atoms with van der Waals surface area (Å²) in [6.07, 6.45) is 9.16. The number of aromatic nitrogens is 4. The molecule has 5 heteroatoms. The maximum atomic E-state index is 11.5. The van der Waals surface area contributed by atoms with E-state index in [-0.39, 0.29) is 5.56 Å². The van der Waals surface area contributed by atoms with E-state index in [2.05, 4.69) is 14.5 Å². The summed E-state index contributed by atoms with van der Waals surface area (Å²) in [7, 11) is 0. The van der Waals surface area contributed by atoms with Crippen molar-refractivity contribution in [1.82, 2.24) is 19.1 Å². The lowest BCUT2D eigenvalue weighted by atomic mass is 10.4. The van der Waals surface area contributed by atoms with E-state index in [9.17, 15) is 4.79 Å². The van der Waals surface area contributed by atoms with Gasteiger partial charge in [-0.25, -0.2) is 9.97 Å². The molecule has 0 atom stereocenters. The Balaban J connectivity index is 1.91. The molecule has 2 heterocycles. The zero-order chi connectivity index (χ0) is 11.0. The van der Waals surface area contributed by atoms with Crippen LogP contribution >= 0.6 is 0 Å². The summed E-state index contributed by atoms with van der Waals surface area (Å²) >= 11 is 0. The molecule has 0 aliphatic heterocycles. The highest BCUT2D eigenvalue weighted by Crippen LogP contribution is 2.35. The molecule has 5 nitrogen and oxygen atoms in total. The molecule has 1 saturated carbocycles. The molecule has 82 valence electrons. The first kappa shape index (κ1) is 9.33. The van der Waals surface area contributed by atoms with E-state index in [0.29, 0.717) is 12.6 Å². The fraction of sp³-hybridized carbons (Fsp3) is 0.364. The minimum atomic E-state index is -0.0291. The Morgan fingerprint density at radius 3 is 2.94 bits per heavy atom. The Morgan fingerprint density at radius 2 is 2.19 bits per heavy atom. The molecule has 0 N–H and O–H groups in total. The first-order valence-corrected chi connectivity index (χ1v) is 5.36. The Bertz CT molecular complexity index is 553. The largest absolute Gasteiger partial charge is 0.330 e. The molecule has 0 bridgehead atoms. The molecule has 3 rings (SSSR count). The van der Waals surface area contributed by atoms with Gasteiger partial charge in [0.25, 0.3) is 5.56 Å². The van der Waals surface area contributed by atoms with Gasteiger partial charge < -0.3 is 4.57 Å². The van der Waals surface area contributed by atoms with Crippen LogP contribution in [0.25, 0.3) is 0 Å². The van der Waals surface area contributed by atoms with Gasteiger partial charge in [0.05, 0.1) is 24.9 Å². The van der Waals surface area contributed by atoms with E-state index < -0.39 is 0 Å². The van der Waals surface area contributed by atoms with E-state index in [4.69, 9.17) is 0 Å². The summed E-state index contributed by atoms with van der Waals surface area (Å²) in [4.78, 5) is 19.6. The smallest absolute Gasteiger partial charge is 0.253 e. The van der Waals surface area contributed by atoms with Gasteiger partial charge in [-0.2, -0.15) is 0 Å². The van der Waals surface area contributed by atoms with Crippen molar-refractivity contribution in [3.63, 3.8) is 0 Å². The van der Waals surface area contributed by atoms with E-state index in [1.165, 1.54) is 25.1 Å². The topological polar surface area (TPSA) is 52.7 Å². The van der Waals surface area contributed by atoms with Crippen LogP contribution in [0, 0.1) is 0 Å². The van der Waals surface area contributed by atoms with Gasteiger partial charge in [-0.1, -0.05) is 0 Å². The van der Waals surface area contributed by atoms with Crippen molar-refractivity contribution >= 4 is 0 Å². The van der Waals surface area contributed by atoms with Gasteiger partial charge in [0.15, 0.2) is 0 Å². The molecule has 0 aromatic carbocycles. The van der Waals surface area contributed by atoms with Crippen LogP contribution in [0.3, 0.4) is 0 Å².